The lowest BCUT2D eigenvalue weighted by Crippen LogP contribution is -2.32. The molecule has 5 rings (SSSR count). The summed E-state index contributed by atoms with van der Waals surface area (Å²) in [5.41, 5.74) is 4.72. The number of carbonyl (C=O) groups excluding carboxylic acids is 2. The summed E-state index contributed by atoms with van der Waals surface area (Å²) < 4.78 is 1.67. The van der Waals surface area contributed by atoms with Crippen LogP contribution < -0.4 is 16.0 Å². The number of rotatable bonds is 5. The lowest BCUT2D eigenvalue weighted by Gasteiger charge is -2.30. The fraction of sp³-hybridized carbons (Fsp3) is 0.107. The second-order valence-electron chi connectivity index (χ2n) is 8.61. The highest BCUT2D eigenvalue weighted by Crippen LogP contribution is 2.38. The molecule has 0 fully saturated rings. The number of aryl methyl sites for hydroxylation is 1. The van der Waals surface area contributed by atoms with Crippen LogP contribution in [0.1, 0.15) is 34.5 Å². The Kier molecular flexibility index (Phi) is 6.31. The van der Waals surface area contributed by atoms with Gasteiger partial charge in [-0.25, -0.2) is 4.68 Å². The van der Waals surface area contributed by atoms with Crippen LogP contribution in [0.15, 0.2) is 96.3 Å². The molecule has 1 aliphatic rings. The Morgan fingerprint density at radius 3 is 2.31 bits per heavy atom. The van der Waals surface area contributed by atoms with Gasteiger partial charge in [-0.15, -0.1) is 0 Å². The predicted molar refractivity (Wildman–Crippen MR) is 142 cm³/mol. The number of benzene rings is 3. The van der Waals surface area contributed by atoms with Crippen molar-refractivity contribution in [2.24, 2.45) is 0 Å². The SMILES string of the molecule is CC1=C(C(=O)Nc2ccccc2)[C@H](c2ccc(Cl)cc2)n2ncc(C(=O)Nc3cccc(C)c3)c2N1. The van der Waals surface area contributed by atoms with E-state index in [1.165, 1.54) is 6.20 Å². The highest BCUT2D eigenvalue weighted by molar-refractivity contribution is 6.30. The number of para-hydroxylation sites is 1. The van der Waals surface area contributed by atoms with Crippen molar-refractivity contribution in [3.05, 3.63) is 118 Å². The second-order valence-corrected chi connectivity index (χ2v) is 9.05. The van der Waals surface area contributed by atoms with Gasteiger partial charge in [0, 0.05) is 22.1 Å². The van der Waals surface area contributed by atoms with E-state index >= 15 is 0 Å². The standard InChI is InChI=1S/C28H24ClN5O2/c1-17-7-6-10-22(15-17)33-27(35)23-16-30-34-25(19-11-13-20(29)14-12-19)24(18(2)31-26(23)34)28(36)32-21-8-4-3-5-9-21/h3-16,25,31H,1-2H3,(H,32,36)(H,33,35)/t25-/m0/s1. The molecule has 0 unspecified atom stereocenters. The molecular formula is C28H24ClN5O2. The topological polar surface area (TPSA) is 88.0 Å². The van der Waals surface area contributed by atoms with E-state index in [-0.39, 0.29) is 11.8 Å². The van der Waals surface area contributed by atoms with Crippen molar-refractivity contribution in [3.8, 4) is 0 Å². The third-order valence-electron chi connectivity index (χ3n) is 6.01. The van der Waals surface area contributed by atoms with Crippen molar-refractivity contribution < 1.29 is 9.59 Å². The van der Waals surface area contributed by atoms with E-state index in [9.17, 15) is 9.59 Å². The molecule has 180 valence electrons. The molecule has 4 aromatic rings. The summed E-state index contributed by atoms with van der Waals surface area (Å²) in [6.45, 7) is 3.79. The second kappa shape index (κ2) is 9.71. The van der Waals surface area contributed by atoms with Crippen molar-refractivity contribution in [1.82, 2.24) is 9.78 Å². The molecule has 0 bridgehead atoms. The number of hydrogen-bond donors (Lipinski definition) is 3. The van der Waals surface area contributed by atoms with E-state index in [0.29, 0.717) is 39.0 Å². The van der Waals surface area contributed by atoms with Crippen LogP contribution in [0.3, 0.4) is 0 Å². The minimum atomic E-state index is -0.567. The number of anilines is 3. The van der Waals surface area contributed by atoms with Crippen LogP contribution in [0, 0.1) is 6.92 Å². The average molecular weight is 498 g/mol. The summed E-state index contributed by atoms with van der Waals surface area (Å²) in [4.78, 5) is 26.7. The van der Waals surface area contributed by atoms with Gasteiger partial charge in [0.05, 0.1) is 11.8 Å². The number of nitrogens with zero attached hydrogens (tertiary/aromatic N) is 2. The predicted octanol–water partition coefficient (Wildman–Crippen LogP) is 6.02. The number of amides is 2. The van der Waals surface area contributed by atoms with Crippen LogP contribution >= 0.6 is 11.6 Å². The lowest BCUT2D eigenvalue weighted by atomic mass is 9.94. The van der Waals surface area contributed by atoms with E-state index in [1.807, 2.05) is 80.6 Å². The molecule has 0 aliphatic carbocycles. The Hall–Kier alpha value is -4.36. The first kappa shape index (κ1) is 23.4. The van der Waals surface area contributed by atoms with Crippen molar-refractivity contribution >= 4 is 40.6 Å². The van der Waals surface area contributed by atoms with Crippen LogP contribution in [-0.2, 0) is 4.79 Å². The van der Waals surface area contributed by atoms with Gasteiger partial charge < -0.3 is 16.0 Å². The Balaban J connectivity index is 1.54. The molecule has 7 nitrogen and oxygen atoms in total. The maximum absolute atomic E-state index is 13.5. The Labute approximate surface area is 213 Å². The van der Waals surface area contributed by atoms with E-state index in [2.05, 4.69) is 21.0 Å². The molecule has 1 aliphatic heterocycles. The molecular weight excluding hydrogens is 474 g/mol. The van der Waals surface area contributed by atoms with Crippen LogP contribution in [0.4, 0.5) is 17.2 Å². The van der Waals surface area contributed by atoms with Crippen molar-refractivity contribution in [1.29, 1.82) is 0 Å². The quantitative estimate of drug-likeness (QED) is 0.314. The smallest absolute Gasteiger partial charge is 0.261 e. The number of nitrogens with one attached hydrogen (secondary N) is 3. The zero-order chi connectivity index (χ0) is 25.2. The van der Waals surface area contributed by atoms with Gasteiger partial charge in [-0.3, -0.25) is 9.59 Å². The summed E-state index contributed by atoms with van der Waals surface area (Å²) in [6, 6.07) is 23.5. The zero-order valence-corrected chi connectivity index (χ0v) is 20.5. The molecule has 8 heteroatoms. The van der Waals surface area contributed by atoms with E-state index in [4.69, 9.17) is 11.6 Å². The first-order valence-electron chi connectivity index (χ1n) is 11.5. The Morgan fingerprint density at radius 2 is 1.58 bits per heavy atom. The molecule has 3 N–H and O–H groups in total. The average Bonchev–Trinajstić information content (AvgIpc) is 3.28. The molecule has 2 heterocycles. The fourth-order valence-electron chi connectivity index (χ4n) is 4.31. The fourth-order valence-corrected chi connectivity index (χ4v) is 4.44. The van der Waals surface area contributed by atoms with Crippen LogP contribution in [0.25, 0.3) is 0 Å². The highest BCUT2D eigenvalue weighted by Gasteiger charge is 2.35. The summed E-state index contributed by atoms with van der Waals surface area (Å²) in [7, 11) is 0. The number of hydrogen-bond acceptors (Lipinski definition) is 4. The molecule has 1 aromatic heterocycles. The van der Waals surface area contributed by atoms with Crippen LogP contribution in [0.2, 0.25) is 5.02 Å². The Bertz CT molecular complexity index is 1480. The van der Waals surface area contributed by atoms with Gasteiger partial charge in [0.2, 0.25) is 0 Å². The summed E-state index contributed by atoms with van der Waals surface area (Å²) in [5, 5.41) is 14.3. The van der Waals surface area contributed by atoms with Crippen LogP contribution in [-0.4, -0.2) is 21.6 Å². The minimum Gasteiger partial charge on any atom is -0.343 e. The number of fused-ring (bicyclic) bond motifs is 1. The van der Waals surface area contributed by atoms with Gasteiger partial charge >= 0.3 is 0 Å². The third-order valence-corrected chi connectivity index (χ3v) is 6.26. The number of allylic oxidation sites excluding steroid dienone is 1. The third kappa shape index (κ3) is 4.61. The molecule has 0 saturated carbocycles. The zero-order valence-electron chi connectivity index (χ0n) is 19.7. The van der Waals surface area contributed by atoms with Gasteiger partial charge in [0.25, 0.3) is 11.8 Å². The van der Waals surface area contributed by atoms with E-state index in [0.717, 1.165) is 11.1 Å². The molecule has 2 amide bonds. The van der Waals surface area contributed by atoms with Crippen molar-refractivity contribution in [2.45, 2.75) is 19.9 Å². The van der Waals surface area contributed by atoms with Gasteiger partial charge in [-0.2, -0.15) is 5.10 Å². The van der Waals surface area contributed by atoms with Gasteiger partial charge in [0.15, 0.2) is 0 Å². The normalized spacial score (nSPS) is 14.6. The molecule has 0 saturated heterocycles. The largest absolute Gasteiger partial charge is 0.343 e. The number of aromatic nitrogens is 2. The number of carbonyl (C=O) groups is 2. The van der Waals surface area contributed by atoms with Crippen molar-refractivity contribution in [3.63, 3.8) is 0 Å². The molecule has 1 atom stereocenters. The van der Waals surface area contributed by atoms with Gasteiger partial charge in [-0.05, 0) is 61.4 Å². The van der Waals surface area contributed by atoms with E-state index < -0.39 is 6.04 Å². The first-order valence-corrected chi connectivity index (χ1v) is 11.8. The highest BCUT2D eigenvalue weighted by atomic mass is 35.5. The lowest BCUT2D eigenvalue weighted by molar-refractivity contribution is -0.113. The maximum Gasteiger partial charge on any atom is 0.261 e. The minimum absolute atomic E-state index is 0.266. The molecule has 0 radical (unpaired) electrons. The van der Waals surface area contributed by atoms with Crippen molar-refractivity contribution in [2.75, 3.05) is 16.0 Å². The van der Waals surface area contributed by atoms with E-state index in [1.54, 1.807) is 16.8 Å². The molecule has 36 heavy (non-hydrogen) atoms. The van der Waals surface area contributed by atoms with Crippen LogP contribution in [0.5, 0.6) is 0 Å². The summed E-state index contributed by atoms with van der Waals surface area (Å²) in [6.07, 6.45) is 1.52. The maximum atomic E-state index is 13.5. The van der Waals surface area contributed by atoms with Gasteiger partial charge in [-0.1, -0.05) is 54.1 Å². The summed E-state index contributed by atoms with van der Waals surface area (Å²) in [5.74, 6) is -0.0545. The first-order chi connectivity index (χ1) is 17.4. The monoisotopic (exact) mass is 497 g/mol. The molecule has 3 aromatic carbocycles. The Morgan fingerprint density at radius 1 is 0.889 bits per heavy atom. The van der Waals surface area contributed by atoms with Gasteiger partial charge in [0.1, 0.15) is 17.4 Å². The number of halogens is 1. The summed E-state index contributed by atoms with van der Waals surface area (Å²) >= 11 is 6.14. The molecule has 0 spiro atoms.